The molecule has 0 fully saturated rings. The lowest BCUT2D eigenvalue weighted by atomic mass is 10.0. The number of hydrogen-bond acceptors (Lipinski definition) is 4. The van der Waals surface area contributed by atoms with Gasteiger partial charge in [0.25, 0.3) is 0 Å². The molecule has 0 N–H and O–H groups in total. The van der Waals surface area contributed by atoms with E-state index in [0.717, 1.165) is 11.1 Å². The summed E-state index contributed by atoms with van der Waals surface area (Å²) in [6.07, 6.45) is 2.15. The smallest absolute Gasteiger partial charge is 0.306 e. The van der Waals surface area contributed by atoms with Gasteiger partial charge in [0, 0.05) is 12.8 Å². The molecular weight excluding hydrogens is 256 g/mol. The number of benzene rings is 1. The van der Waals surface area contributed by atoms with Crippen molar-refractivity contribution < 1.29 is 19.1 Å². The molecule has 0 unspecified atom stereocenters. The molecule has 0 bridgehead atoms. The molecule has 0 amide bonds. The van der Waals surface area contributed by atoms with Gasteiger partial charge in [0.05, 0.1) is 13.2 Å². The zero-order chi connectivity index (χ0) is 14.8. The molecule has 0 aromatic heterocycles. The molecule has 0 aliphatic heterocycles. The predicted octanol–water partition coefficient (Wildman–Crippen LogP) is 2.68. The Morgan fingerprint density at radius 2 is 1.15 bits per heavy atom. The quantitative estimate of drug-likeness (QED) is 0.686. The lowest BCUT2D eigenvalue weighted by Crippen LogP contribution is -2.06. The van der Waals surface area contributed by atoms with E-state index in [9.17, 15) is 9.59 Å². The summed E-state index contributed by atoms with van der Waals surface area (Å²) in [6.45, 7) is 4.45. The van der Waals surface area contributed by atoms with Gasteiger partial charge in [0.2, 0.25) is 0 Å². The summed E-state index contributed by atoms with van der Waals surface area (Å²) in [6, 6.07) is 7.94. The third-order valence-corrected chi connectivity index (χ3v) is 2.87. The van der Waals surface area contributed by atoms with Gasteiger partial charge in [0.1, 0.15) is 0 Å². The monoisotopic (exact) mass is 278 g/mol. The maximum Gasteiger partial charge on any atom is 0.306 e. The van der Waals surface area contributed by atoms with Crippen molar-refractivity contribution in [3.63, 3.8) is 0 Å². The Morgan fingerprint density at radius 1 is 0.800 bits per heavy atom. The van der Waals surface area contributed by atoms with Crippen LogP contribution >= 0.6 is 0 Å². The average molecular weight is 278 g/mol. The van der Waals surface area contributed by atoms with Gasteiger partial charge in [-0.05, 0) is 37.8 Å². The van der Waals surface area contributed by atoms with Crippen LogP contribution in [0.25, 0.3) is 0 Å². The first-order chi connectivity index (χ1) is 9.65. The molecule has 20 heavy (non-hydrogen) atoms. The molecule has 0 radical (unpaired) electrons. The van der Waals surface area contributed by atoms with Gasteiger partial charge in [-0.3, -0.25) is 9.59 Å². The molecule has 0 aliphatic carbocycles. The largest absolute Gasteiger partial charge is 0.466 e. The van der Waals surface area contributed by atoms with Gasteiger partial charge in [-0.15, -0.1) is 0 Å². The highest BCUT2D eigenvalue weighted by Crippen LogP contribution is 2.09. The number of aryl methyl sites for hydroxylation is 2. The summed E-state index contributed by atoms with van der Waals surface area (Å²) < 4.78 is 9.77. The topological polar surface area (TPSA) is 52.6 Å². The second-order valence-electron chi connectivity index (χ2n) is 4.43. The number of carbonyl (C=O) groups excluding carboxylic acids is 2. The Hall–Kier alpha value is -1.84. The Bertz CT molecular complexity index is 382. The normalized spacial score (nSPS) is 10.1. The van der Waals surface area contributed by atoms with Crippen LogP contribution in [0.1, 0.15) is 37.8 Å². The third kappa shape index (κ3) is 6.36. The summed E-state index contributed by atoms with van der Waals surface area (Å²) in [5.41, 5.74) is 2.19. The van der Waals surface area contributed by atoms with Gasteiger partial charge in [0.15, 0.2) is 0 Å². The lowest BCUT2D eigenvalue weighted by Gasteiger charge is -2.05. The molecule has 0 atom stereocenters. The third-order valence-electron chi connectivity index (χ3n) is 2.87. The zero-order valence-electron chi connectivity index (χ0n) is 12.2. The predicted molar refractivity (Wildman–Crippen MR) is 76.4 cm³/mol. The van der Waals surface area contributed by atoms with Crippen molar-refractivity contribution in [2.24, 2.45) is 0 Å². The lowest BCUT2D eigenvalue weighted by molar-refractivity contribution is -0.144. The molecule has 110 valence electrons. The van der Waals surface area contributed by atoms with Crippen LogP contribution in [-0.4, -0.2) is 25.2 Å². The minimum atomic E-state index is -0.168. The highest BCUT2D eigenvalue weighted by atomic mass is 16.5. The van der Waals surface area contributed by atoms with Gasteiger partial charge in [-0.25, -0.2) is 0 Å². The molecule has 4 heteroatoms. The molecule has 0 spiro atoms. The Kier molecular flexibility index (Phi) is 7.40. The fourth-order valence-electron chi connectivity index (χ4n) is 1.83. The van der Waals surface area contributed by atoms with E-state index >= 15 is 0 Å². The maximum absolute atomic E-state index is 11.2. The fraction of sp³-hybridized carbons (Fsp3) is 0.500. The second-order valence-corrected chi connectivity index (χ2v) is 4.43. The van der Waals surface area contributed by atoms with Crippen LogP contribution < -0.4 is 0 Å². The molecule has 0 aliphatic rings. The van der Waals surface area contributed by atoms with E-state index in [0.29, 0.717) is 38.9 Å². The summed E-state index contributed by atoms with van der Waals surface area (Å²) in [5, 5.41) is 0. The van der Waals surface area contributed by atoms with Gasteiger partial charge in [-0.1, -0.05) is 24.3 Å². The molecule has 0 heterocycles. The summed E-state index contributed by atoms with van der Waals surface area (Å²) in [4.78, 5) is 22.5. The van der Waals surface area contributed by atoms with Crippen molar-refractivity contribution in [2.75, 3.05) is 13.2 Å². The van der Waals surface area contributed by atoms with Crippen LogP contribution in [0.3, 0.4) is 0 Å². The van der Waals surface area contributed by atoms with Crippen LogP contribution in [0.2, 0.25) is 0 Å². The van der Waals surface area contributed by atoms with Crippen molar-refractivity contribution in [2.45, 2.75) is 39.5 Å². The minimum absolute atomic E-state index is 0.168. The van der Waals surface area contributed by atoms with Crippen LogP contribution in [0.4, 0.5) is 0 Å². The minimum Gasteiger partial charge on any atom is -0.466 e. The van der Waals surface area contributed by atoms with Gasteiger partial charge in [-0.2, -0.15) is 0 Å². The second kappa shape index (κ2) is 9.13. The molecule has 0 saturated heterocycles. The van der Waals surface area contributed by atoms with Crippen molar-refractivity contribution in [1.29, 1.82) is 0 Å². The molecular formula is C16H22O4. The average Bonchev–Trinajstić information content (AvgIpc) is 2.45. The summed E-state index contributed by atoms with van der Waals surface area (Å²) >= 11 is 0. The first-order valence-corrected chi connectivity index (χ1v) is 7.04. The number of ether oxygens (including phenoxy) is 2. The van der Waals surface area contributed by atoms with Crippen molar-refractivity contribution in [1.82, 2.24) is 0 Å². The summed E-state index contributed by atoms with van der Waals surface area (Å²) in [5.74, 6) is -0.335. The molecule has 1 rings (SSSR count). The number of carbonyl (C=O) groups is 2. The zero-order valence-corrected chi connectivity index (χ0v) is 12.2. The Balaban J connectivity index is 2.36. The van der Waals surface area contributed by atoms with E-state index in [-0.39, 0.29) is 11.9 Å². The van der Waals surface area contributed by atoms with E-state index in [2.05, 4.69) is 0 Å². The van der Waals surface area contributed by atoms with Crippen molar-refractivity contribution in [3.05, 3.63) is 35.4 Å². The van der Waals surface area contributed by atoms with Crippen LogP contribution in [0.5, 0.6) is 0 Å². The van der Waals surface area contributed by atoms with Crippen LogP contribution in [0.15, 0.2) is 24.3 Å². The molecule has 1 aromatic rings. The highest BCUT2D eigenvalue weighted by Gasteiger charge is 2.04. The van der Waals surface area contributed by atoms with Crippen molar-refractivity contribution in [3.8, 4) is 0 Å². The first kappa shape index (κ1) is 16.2. The SMILES string of the molecule is CCOC(=O)CCc1ccc(CCC(=O)OCC)cc1. The number of esters is 2. The van der Waals surface area contributed by atoms with E-state index in [1.807, 2.05) is 24.3 Å². The van der Waals surface area contributed by atoms with Crippen LogP contribution in [0, 0.1) is 0 Å². The highest BCUT2D eigenvalue weighted by molar-refractivity contribution is 5.70. The molecule has 4 nitrogen and oxygen atoms in total. The van der Waals surface area contributed by atoms with E-state index < -0.39 is 0 Å². The Morgan fingerprint density at radius 3 is 1.45 bits per heavy atom. The van der Waals surface area contributed by atoms with Crippen LogP contribution in [-0.2, 0) is 31.9 Å². The Labute approximate surface area is 120 Å². The van der Waals surface area contributed by atoms with E-state index in [1.165, 1.54) is 0 Å². The number of rotatable bonds is 8. The van der Waals surface area contributed by atoms with E-state index in [1.54, 1.807) is 13.8 Å². The summed E-state index contributed by atoms with van der Waals surface area (Å²) in [7, 11) is 0. The maximum atomic E-state index is 11.2. The standard InChI is InChI=1S/C16H22O4/c1-3-19-15(17)11-9-13-5-7-14(8-6-13)10-12-16(18)20-4-2/h5-8H,3-4,9-12H2,1-2H3. The van der Waals surface area contributed by atoms with Crippen molar-refractivity contribution >= 4 is 11.9 Å². The fourth-order valence-corrected chi connectivity index (χ4v) is 1.83. The first-order valence-electron chi connectivity index (χ1n) is 7.04. The number of hydrogen-bond donors (Lipinski definition) is 0. The van der Waals surface area contributed by atoms with Gasteiger partial charge < -0.3 is 9.47 Å². The van der Waals surface area contributed by atoms with Gasteiger partial charge >= 0.3 is 11.9 Å². The molecule has 0 saturated carbocycles. The van der Waals surface area contributed by atoms with E-state index in [4.69, 9.17) is 9.47 Å². The molecule has 1 aromatic carbocycles.